The molecule has 0 aliphatic carbocycles. The Morgan fingerprint density at radius 3 is 2.00 bits per heavy atom. The molecule has 0 atom stereocenters. The number of rotatable bonds is 11. The van der Waals surface area contributed by atoms with Crippen LogP contribution in [0.25, 0.3) is 0 Å². The van der Waals surface area contributed by atoms with Gasteiger partial charge in [0, 0.05) is 23.5 Å². The minimum atomic E-state index is -0.298. The van der Waals surface area contributed by atoms with E-state index in [9.17, 15) is 9.59 Å². The molecule has 172 valence electrons. The molecule has 0 radical (unpaired) electrons. The Bertz CT molecular complexity index is 1050. The van der Waals surface area contributed by atoms with Crippen molar-refractivity contribution in [1.29, 1.82) is 0 Å². The number of benzene rings is 3. The fourth-order valence-electron chi connectivity index (χ4n) is 3.04. The Hall–Kier alpha value is -3.84. The van der Waals surface area contributed by atoms with Gasteiger partial charge >= 0.3 is 0 Å². The van der Waals surface area contributed by atoms with Gasteiger partial charge < -0.3 is 24.8 Å². The van der Waals surface area contributed by atoms with Crippen molar-refractivity contribution in [2.24, 2.45) is 0 Å². The quantitative estimate of drug-likeness (QED) is 0.403. The van der Waals surface area contributed by atoms with Crippen LogP contribution < -0.4 is 20.1 Å². The maximum Gasteiger partial charge on any atom is 0.259 e. The molecule has 0 saturated carbocycles. The summed E-state index contributed by atoms with van der Waals surface area (Å²) in [4.78, 5) is 25.3. The fourth-order valence-corrected chi connectivity index (χ4v) is 3.04. The van der Waals surface area contributed by atoms with Crippen LogP contribution in [0.2, 0.25) is 0 Å². The number of anilines is 2. The molecule has 7 heteroatoms. The summed E-state index contributed by atoms with van der Waals surface area (Å²) in [6.07, 6.45) is 0. The highest BCUT2D eigenvalue weighted by Gasteiger charge is 2.13. The van der Waals surface area contributed by atoms with E-state index in [0.717, 1.165) is 5.75 Å². The van der Waals surface area contributed by atoms with Crippen molar-refractivity contribution in [3.63, 3.8) is 0 Å². The average Bonchev–Trinajstić information content (AvgIpc) is 2.84. The van der Waals surface area contributed by atoms with Gasteiger partial charge in [-0.25, -0.2) is 0 Å². The maximum absolute atomic E-state index is 12.7. The van der Waals surface area contributed by atoms with Gasteiger partial charge in [-0.05, 0) is 74.5 Å². The number of carbonyl (C=O) groups excluding carboxylic acids is 2. The molecule has 2 amide bonds. The lowest BCUT2D eigenvalue weighted by atomic mass is 10.1. The number of carbonyl (C=O) groups is 2. The lowest BCUT2D eigenvalue weighted by Gasteiger charge is -2.12. The molecule has 0 heterocycles. The normalized spacial score (nSPS) is 10.4. The molecular formula is C26H28N2O5. The molecule has 33 heavy (non-hydrogen) atoms. The Kier molecular flexibility index (Phi) is 8.85. The topological polar surface area (TPSA) is 85.9 Å². The number of ether oxygens (including phenoxy) is 3. The van der Waals surface area contributed by atoms with Crippen LogP contribution >= 0.6 is 0 Å². The van der Waals surface area contributed by atoms with Gasteiger partial charge in [-0.1, -0.05) is 12.1 Å². The molecule has 0 aromatic heterocycles. The fraction of sp³-hybridized carbons (Fsp3) is 0.231. The Morgan fingerprint density at radius 2 is 1.33 bits per heavy atom. The van der Waals surface area contributed by atoms with Gasteiger partial charge in [0.1, 0.15) is 18.1 Å². The van der Waals surface area contributed by atoms with Crippen LogP contribution in [0.3, 0.4) is 0 Å². The van der Waals surface area contributed by atoms with E-state index in [1.165, 1.54) is 0 Å². The molecule has 7 nitrogen and oxygen atoms in total. The zero-order valence-electron chi connectivity index (χ0n) is 18.8. The number of hydrogen-bond donors (Lipinski definition) is 2. The second-order valence-electron chi connectivity index (χ2n) is 6.98. The van der Waals surface area contributed by atoms with Crippen molar-refractivity contribution < 1.29 is 23.8 Å². The Morgan fingerprint density at radius 1 is 0.697 bits per heavy atom. The van der Waals surface area contributed by atoms with E-state index in [1.54, 1.807) is 66.7 Å². The average molecular weight is 449 g/mol. The first-order chi connectivity index (χ1) is 16.1. The van der Waals surface area contributed by atoms with Crippen LogP contribution in [-0.2, 0) is 4.74 Å². The van der Waals surface area contributed by atoms with Gasteiger partial charge in [0.05, 0.1) is 18.8 Å². The number of amides is 2. The highest BCUT2D eigenvalue weighted by molar-refractivity contribution is 6.07. The highest BCUT2D eigenvalue weighted by Crippen LogP contribution is 2.21. The van der Waals surface area contributed by atoms with Crippen LogP contribution in [-0.4, -0.2) is 38.2 Å². The van der Waals surface area contributed by atoms with Gasteiger partial charge in [-0.2, -0.15) is 0 Å². The molecule has 3 aromatic carbocycles. The summed E-state index contributed by atoms with van der Waals surface area (Å²) in [7, 11) is 0. The summed E-state index contributed by atoms with van der Waals surface area (Å²) in [5.74, 6) is 0.691. The molecular weight excluding hydrogens is 420 g/mol. The zero-order chi connectivity index (χ0) is 23.5. The highest BCUT2D eigenvalue weighted by atomic mass is 16.5. The minimum Gasteiger partial charge on any atom is -0.494 e. The van der Waals surface area contributed by atoms with E-state index in [4.69, 9.17) is 14.2 Å². The molecule has 2 N–H and O–H groups in total. The first-order valence-corrected chi connectivity index (χ1v) is 10.9. The molecule has 0 bridgehead atoms. The van der Waals surface area contributed by atoms with Crippen LogP contribution in [0.5, 0.6) is 11.5 Å². The summed E-state index contributed by atoms with van der Waals surface area (Å²) < 4.78 is 16.4. The van der Waals surface area contributed by atoms with Crippen molar-refractivity contribution in [2.75, 3.05) is 37.1 Å². The Labute approximate surface area is 193 Å². The third-order valence-electron chi connectivity index (χ3n) is 4.65. The van der Waals surface area contributed by atoms with Crippen molar-refractivity contribution in [3.05, 3.63) is 83.9 Å². The first kappa shape index (κ1) is 23.8. The largest absolute Gasteiger partial charge is 0.494 e. The van der Waals surface area contributed by atoms with Crippen LogP contribution in [0.1, 0.15) is 34.6 Å². The third-order valence-corrected chi connectivity index (χ3v) is 4.65. The predicted molar refractivity (Wildman–Crippen MR) is 128 cm³/mol. The van der Waals surface area contributed by atoms with E-state index in [0.29, 0.717) is 54.7 Å². The smallest absolute Gasteiger partial charge is 0.259 e. The van der Waals surface area contributed by atoms with Crippen molar-refractivity contribution >= 4 is 23.2 Å². The van der Waals surface area contributed by atoms with Gasteiger partial charge in [-0.15, -0.1) is 0 Å². The standard InChI is InChI=1S/C26H28N2O5/c1-3-31-17-18-33-24-8-6-5-7-23(24)26(30)28-20-11-9-19(10-12-20)25(29)27-21-13-15-22(16-14-21)32-4-2/h5-16H,3-4,17-18H2,1-2H3,(H,27,29)(H,28,30). The summed E-state index contributed by atoms with van der Waals surface area (Å²) in [5, 5.41) is 5.68. The molecule has 0 fully saturated rings. The van der Waals surface area contributed by atoms with Gasteiger partial charge in [0.2, 0.25) is 0 Å². The molecule has 3 aromatic rings. The summed E-state index contributed by atoms with van der Waals surface area (Å²) >= 11 is 0. The van der Waals surface area contributed by atoms with Gasteiger partial charge in [-0.3, -0.25) is 9.59 Å². The third kappa shape index (κ3) is 7.08. The van der Waals surface area contributed by atoms with Crippen molar-refractivity contribution in [3.8, 4) is 11.5 Å². The summed E-state index contributed by atoms with van der Waals surface area (Å²) in [5.41, 5.74) is 2.14. The van der Waals surface area contributed by atoms with Crippen LogP contribution in [0.15, 0.2) is 72.8 Å². The van der Waals surface area contributed by atoms with E-state index in [-0.39, 0.29) is 11.8 Å². The van der Waals surface area contributed by atoms with Crippen molar-refractivity contribution in [1.82, 2.24) is 0 Å². The zero-order valence-corrected chi connectivity index (χ0v) is 18.8. The molecule has 0 unspecified atom stereocenters. The molecule has 0 spiro atoms. The number of nitrogens with one attached hydrogen (secondary N) is 2. The molecule has 0 saturated heterocycles. The Balaban J connectivity index is 1.59. The summed E-state index contributed by atoms with van der Waals surface area (Å²) in [6.45, 7) is 5.83. The van der Waals surface area contributed by atoms with E-state index in [1.807, 2.05) is 19.9 Å². The minimum absolute atomic E-state index is 0.245. The van der Waals surface area contributed by atoms with E-state index in [2.05, 4.69) is 10.6 Å². The maximum atomic E-state index is 12.7. The first-order valence-electron chi connectivity index (χ1n) is 10.9. The number of hydrogen-bond acceptors (Lipinski definition) is 5. The molecule has 0 aliphatic heterocycles. The molecule has 0 aliphatic rings. The van der Waals surface area contributed by atoms with Crippen LogP contribution in [0, 0.1) is 0 Å². The van der Waals surface area contributed by atoms with Crippen molar-refractivity contribution in [2.45, 2.75) is 13.8 Å². The summed E-state index contributed by atoms with van der Waals surface area (Å²) in [6, 6.07) is 20.9. The second kappa shape index (κ2) is 12.3. The molecule has 3 rings (SSSR count). The van der Waals surface area contributed by atoms with E-state index < -0.39 is 0 Å². The van der Waals surface area contributed by atoms with Gasteiger partial charge in [0.15, 0.2) is 0 Å². The SMILES string of the molecule is CCOCCOc1ccccc1C(=O)Nc1ccc(C(=O)Nc2ccc(OCC)cc2)cc1. The lowest BCUT2D eigenvalue weighted by Crippen LogP contribution is -2.15. The second-order valence-corrected chi connectivity index (χ2v) is 6.98. The lowest BCUT2D eigenvalue weighted by molar-refractivity contribution is 0.0996. The van der Waals surface area contributed by atoms with Crippen LogP contribution in [0.4, 0.5) is 11.4 Å². The van der Waals surface area contributed by atoms with E-state index >= 15 is 0 Å². The monoisotopic (exact) mass is 448 g/mol. The predicted octanol–water partition coefficient (Wildman–Crippen LogP) is 5.01. The number of para-hydroxylation sites is 1. The van der Waals surface area contributed by atoms with Gasteiger partial charge in [0.25, 0.3) is 11.8 Å².